The summed E-state index contributed by atoms with van der Waals surface area (Å²) in [5, 5.41) is 9.94. The number of furan rings is 1. The number of para-hydroxylation sites is 3. The van der Waals surface area contributed by atoms with Crippen molar-refractivity contribution in [2.45, 2.75) is 0 Å². The van der Waals surface area contributed by atoms with Crippen molar-refractivity contribution in [3.63, 3.8) is 0 Å². The average Bonchev–Trinajstić information content (AvgIpc) is 3.65. The fourth-order valence-corrected chi connectivity index (χ4v) is 6.64. The van der Waals surface area contributed by atoms with Crippen LogP contribution in [0.25, 0.3) is 87.5 Å². The third-order valence-electron chi connectivity index (χ3n) is 8.41. The van der Waals surface area contributed by atoms with Crippen molar-refractivity contribution in [3.8, 4) is 22.3 Å². The minimum absolute atomic E-state index is 0. The highest BCUT2D eigenvalue weighted by atomic mass is 16.3. The predicted octanol–water partition coefficient (Wildman–Crippen LogP) is 11.9. The van der Waals surface area contributed by atoms with Gasteiger partial charge in [0.25, 0.3) is 0 Å². The molecule has 0 aliphatic carbocycles. The molecule has 1 N–H and O–H groups in total. The first-order valence-electron chi connectivity index (χ1n) is 14.2. The standard InChI is InChI=1S/C38H23NO.C2H4.H2/c1-3-15-30-27(12-1)28-13-2-4-16-31(28)37-35(30)33-20-8-17-25(36(33)39-37)23-10-7-11-24(22-23)26-18-9-19-32-29-14-5-6-21-34(29)40-38(26)32;1-2;/h1-22,39H;1-2H2;1H. The van der Waals surface area contributed by atoms with Crippen LogP contribution in [0.2, 0.25) is 0 Å². The molecule has 0 radical (unpaired) electrons. The van der Waals surface area contributed by atoms with Gasteiger partial charge in [0.15, 0.2) is 0 Å². The highest BCUT2D eigenvalue weighted by Crippen LogP contribution is 2.42. The highest BCUT2D eigenvalue weighted by molar-refractivity contribution is 6.32. The van der Waals surface area contributed by atoms with Crippen LogP contribution in [0.15, 0.2) is 151 Å². The molecule has 2 heteroatoms. The third kappa shape index (κ3) is 3.45. The average molecular weight is 540 g/mol. The van der Waals surface area contributed by atoms with Gasteiger partial charge in [0.2, 0.25) is 0 Å². The number of hydrogen-bond acceptors (Lipinski definition) is 1. The molecule has 0 aliphatic heterocycles. The van der Waals surface area contributed by atoms with Gasteiger partial charge in [-0.05, 0) is 39.4 Å². The molecule has 2 aromatic heterocycles. The van der Waals surface area contributed by atoms with Crippen molar-refractivity contribution in [3.05, 3.63) is 147 Å². The molecular weight excluding hydrogens is 510 g/mol. The summed E-state index contributed by atoms with van der Waals surface area (Å²) in [6, 6.07) is 47.7. The van der Waals surface area contributed by atoms with Gasteiger partial charge in [0, 0.05) is 39.5 Å². The molecule has 2 nitrogen and oxygen atoms in total. The molecule has 9 rings (SSSR count). The van der Waals surface area contributed by atoms with Crippen LogP contribution < -0.4 is 0 Å². The molecule has 0 bridgehead atoms. The van der Waals surface area contributed by atoms with E-state index in [0.29, 0.717) is 0 Å². The van der Waals surface area contributed by atoms with E-state index < -0.39 is 0 Å². The lowest BCUT2D eigenvalue weighted by Gasteiger charge is -2.08. The Bertz CT molecular complexity index is 2460. The van der Waals surface area contributed by atoms with Crippen LogP contribution in [0.4, 0.5) is 0 Å². The number of aromatic nitrogens is 1. The van der Waals surface area contributed by atoms with E-state index >= 15 is 0 Å². The van der Waals surface area contributed by atoms with E-state index in [1.807, 2.05) is 12.1 Å². The SMILES string of the molecule is C=C.[HH].c1cc(-c2cccc3c2[nH]c2c4ccccc4c4ccccc4c32)cc(-c2cccc3c2oc2ccccc23)c1. The van der Waals surface area contributed by atoms with E-state index in [4.69, 9.17) is 4.42 Å². The lowest BCUT2D eigenvalue weighted by Crippen LogP contribution is -1.84. The Balaban J connectivity index is 0.000000981. The highest BCUT2D eigenvalue weighted by Gasteiger charge is 2.17. The molecule has 0 fully saturated rings. The number of rotatable bonds is 2. The van der Waals surface area contributed by atoms with Gasteiger partial charge in [0.1, 0.15) is 11.2 Å². The van der Waals surface area contributed by atoms with Crippen molar-refractivity contribution >= 4 is 65.3 Å². The maximum Gasteiger partial charge on any atom is 0.143 e. The first-order valence-corrected chi connectivity index (χ1v) is 14.2. The van der Waals surface area contributed by atoms with Crippen LogP contribution in [0.3, 0.4) is 0 Å². The fourth-order valence-electron chi connectivity index (χ4n) is 6.64. The maximum atomic E-state index is 6.37. The van der Waals surface area contributed by atoms with E-state index in [2.05, 4.69) is 139 Å². The van der Waals surface area contributed by atoms with E-state index in [9.17, 15) is 0 Å². The van der Waals surface area contributed by atoms with Crippen molar-refractivity contribution in [1.29, 1.82) is 0 Å². The maximum absolute atomic E-state index is 6.37. The Labute approximate surface area is 244 Å². The minimum Gasteiger partial charge on any atom is -0.455 e. The van der Waals surface area contributed by atoms with Crippen LogP contribution in [0.1, 0.15) is 1.43 Å². The number of benzene rings is 7. The van der Waals surface area contributed by atoms with Gasteiger partial charge in [-0.2, -0.15) is 0 Å². The molecule has 42 heavy (non-hydrogen) atoms. The van der Waals surface area contributed by atoms with Crippen LogP contribution in [0, 0.1) is 0 Å². The number of H-pyrrole nitrogens is 1. The second kappa shape index (κ2) is 9.50. The van der Waals surface area contributed by atoms with Crippen molar-refractivity contribution in [2.75, 3.05) is 0 Å². The second-order valence-corrected chi connectivity index (χ2v) is 10.6. The molecule has 2 heterocycles. The molecule has 0 amide bonds. The molecule has 0 saturated heterocycles. The summed E-state index contributed by atoms with van der Waals surface area (Å²) in [6.45, 7) is 6.00. The Morgan fingerprint density at radius 3 is 1.79 bits per heavy atom. The van der Waals surface area contributed by atoms with Gasteiger partial charge in [-0.1, -0.05) is 121 Å². The third-order valence-corrected chi connectivity index (χ3v) is 8.41. The van der Waals surface area contributed by atoms with Crippen molar-refractivity contribution < 1.29 is 5.84 Å². The number of fused-ring (bicyclic) bond motifs is 11. The van der Waals surface area contributed by atoms with Crippen LogP contribution in [0.5, 0.6) is 0 Å². The van der Waals surface area contributed by atoms with Crippen LogP contribution >= 0.6 is 0 Å². The lowest BCUT2D eigenvalue weighted by atomic mass is 9.95. The van der Waals surface area contributed by atoms with E-state index in [1.165, 1.54) is 49.0 Å². The van der Waals surface area contributed by atoms with E-state index in [1.54, 1.807) is 0 Å². The quantitative estimate of drug-likeness (QED) is 0.172. The Morgan fingerprint density at radius 2 is 1.00 bits per heavy atom. The first kappa shape index (κ1) is 24.2. The molecule has 0 aliphatic rings. The Morgan fingerprint density at radius 1 is 0.452 bits per heavy atom. The van der Waals surface area contributed by atoms with E-state index in [0.717, 1.165) is 38.6 Å². The van der Waals surface area contributed by atoms with Gasteiger partial charge >= 0.3 is 0 Å². The molecule has 9 aromatic rings. The van der Waals surface area contributed by atoms with Gasteiger partial charge in [-0.25, -0.2) is 0 Å². The largest absolute Gasteiger partial charge is 0.455 e. The topological polar surface area (TPSA) is 28.9 Å². The summed E-state index contributed by atoms with van der Waals surface area (Å²) in [5.41, 5.74) is 8.84. The molecule has 0 atom stereocenters. The van der Waals surface area contributed by atoms with Gasteiger partial charge in [-0.3, -0.25) is 0 Å². The van der Waals surface area contributed by atoms with Gasteiger partial charge in [0.05, 0.1) is 11.0 Å². The molecule has 0 saturated carbocycles. The van der Waals surface area contributed by atoms with Crippen LogP contribution in [-0.2, 0) is 0 Å². The van der Waals surface area contributed by atoms with Gasteiger partial charge < -0.3 is 9.40 Å². The summed E-state index contributed by atoms with van der Waals surface area (Å²) in [5.74, 6) is 0. The first-order chi connectivity index (χ1) is 20.8. The summed E-state index contributed by atoms with van der Waals surface area (Å²) in [6.07, 6.45) is 0. The Kier molecular flexibility index (Phi) is 5.48. The summed E-state index contributed by atoms with van der Waals surface area (Å²) < 4.78 is 6.37. The van der Waals surface area contributed by atoms with E-state index in [-0.39, 0.29) is 1.43 Å². The van der Waals surface area contributed by atoms with Crippen molar-refractivity contribution in [1.82, 2.24) is 4.98 Å². The molecule has 0 spiro atoms. The molecule has 0 unspecified atom stereocenters. The van der Waals surface area contributed by atoms with Crippen LogP contribution in [-0.4, -0.2) is 4.98 Å². The Hall–Kier alpha value is -5.60. The monoisotopic (exact) mass is 539 g/mol. The zero-order valence-electron chi connectivity index (χ0n) is 23.0. The molecule has 200 valence electrons. The summed E-state index contributed by atoms with van der Waals surface area (Å²) >= 11 is 0. The normalized spacial score (nSPS) is 11.5. The molecule has 7 aromatic carbocycles. The smallest absolute Gasteiger partial charge is 0.143 e. The fraction of sp³-hybridized carbons (Fsp3) is 0. The summed E-state index contributed by atoms with van der Waals surface area (Å²) in [7, 11) is 0. The zero-order valence-corrected chi connectivity index (χ0v) is 23.0. The predicted molar refractivity (Wildman–Crippen MR) is 182 cm³/mol. The second-order valence-electron chi connectivity index (χ2n) is 10.6. The van der Waals surface area contributed by atoms with Gasteiger partial charge in [-0.15, -0.1) is 13.2 Å². The zero-order chi connectivity index (χ0) is 28.2. The minimum atomic E-state index is 0. The lowest BCUT2D eigenvalue weighted by molar-refractivity contribution is 0.670. The molecular formula is C40H29NO. The number of hydrogen-bond donors (Lipinski definition) is 1. The number of nitrogens with one attached hydrogen (secondary N) is 1. The van der Waals surface area contributed by atoms with Crippen molar-refractivity contribution in [2.24, 2.45) is 0 Å². The number of aromatic amines is 1. The summed E-state index contributed by atoms with van der Waals surface area (Å²) in [4.78, 5) is 3.87.